The minimum Gasteiger partial charge on any atom is -0.508 e. The number of hydrogen-bond donors (Lipinski definition) is 1. The van der Waals surface area contributed by atoms with Crippen LogP contribution in [0.2, 0.25) is 0 Å². The number of phenols is 1. The van der Waals surface area contributed by atoms with Crippen LogP contribution in [0.25, 0.3) is 0 Å². The van der Waals surface area contributed by atoms with Crippen molar-refractivity contribution in [2.45, 2.75) is 43.7 Å². The van der Waals surface area contributed by atoms with E-state index in [9.17, 15) is 5.11 Å². The van der Waals surface area contributed by atoms with Gasteiger partial charge in [-0.1, -0.05) is 36.0 Å². The number of para-hydroxylation sites is 1. The number of aromatic nitrogens is 3. The van der Waals surface area contributed by atoms with Gasteiger partial charge in [0.1, 0.15) is 11.6 Å². The molecule has 1 aromatic heterocycles. The Morgan fingerprint density at radius 2 is 2.23 bits per heavy atom. The van der Waals surface area contributed by atoms with E-state index in [2.05, 4.69) is 26.2 Å². The van der Waals surface area contributed by atoms with E-state index in [1.807, 2.05) is 31.3 Å². The molecule has 26 heavy (non-hydrogen) atoms. The van der Waals surface area contributed by atoms with Crippen molar-refractivity contribution in [2.24, 2.45) is 0 Å². The summed E-state index contributed by atoms with van der Waals surface area (Å²) in [5.74, 6) is 2.13. The maximum absolute atomic E-state index is 9.95. The number of phenolic OH excluding ortho intramolecular Hbond substituents is 1. The van der Waals surface area contributed by atoms with E-state index in [1.54, 1.807) is 17.8 Å². The maximum atomic E-state index is 9.95. The summed E-state index contributed by atoms with van der Waals surface area (Å²) in [5.41, 5.74) is 0.901. The van der Waals surface area contributed by atoms with Crippen LogP contribution in [0.5, 0.6) is 5.75 Å². The van der Waals surface area contributed by atoms with E-state index in [0.717, 1.165) is 41.7 Å². The summed E-state index contributed by atoms with van der Waals surface area (Å²) in [6.07, 6.45) is 4.46. The second kappa shape index (κ2) is 9.21. The zero-order chi connectivity index (χ0) is 18.4. The Morgan fingerprint density at radius 1 is 1.38 bits per heavy atom. The third-order valence-electron chi connectivity index (χ3n) is 4.37. The molecule has 0 amide bonds. The van der Waals surface area contributed by atoms with Crippen LogP contribution >= 0.6 is 11.8 Å². The average molecular weight is 375 g/mol. The summed E-state index contributed by atoms with van der Waals surface area (Å²) in [6, 6.07) is 7.41. The number of nitrogens with zero attached hydrogens (tertiary/aromatic N) is 4. The molecule has 0 bridgehead atoms. The molecule has 2 aromatic rings. The second-order valence-electron chi connectivity index (χ2n) is 6.55. The van der Waals surface area contributed by atoms with E-state index in [-0.39, 0.29) is 0 Å². The number of aromatic hydroxyl groups is 1. The molecule has 1 unspecified atom stereocenters. The summed E-state index contributed by atoms with van der Waals surface area (Å²) in [7, 11) is 2.01. The Kier molecular flexibility index (Phi) is 6.71. The molecule has 1 aliphatic rings. The SMILES string of the molecule is C=CCn1c(CN(C)Cc2ccccc2O)nnc1SCC1CCCO1. The highest BCUT2D eigenvalue weighted by Crippen LogP contribution is 2.24. The summed E-state index contributed by atoms with van der Waals surface area (Å²) in [6.45, 7) is 6.70. The van der Waals surface area contributed by atoms with Gasteiger partial charge in [0.15, 0.2) is 5.16 Å². The first-order chi connectivity index (χ1) is 12.7. The third-order valence-corrected chi connectivity index (χ3v) is 5.47. The van der Waals surface area contributed by atoms with Crippen molar-refractivity contribution in [2.75, 3.05) is 19.4 Å². The summed E-state index contributed by atoms with van der Waals surface area (Å²) in [5, 5.41) is 19.6. The van der Waals surface area contributed by atoms with E-state index in [1.165, 1.54) is 0 Å². The van der Waals surface area contributed by atoms with Crippen LogP contribution in [0, 0.1) is 0 Å². The van der Waals surface area contributed by atoms with Gasteiger partial charge in [-0.05, 0) is 26.0 Å². The molecule has 1 N–H and O–H groups in total. The van der Waals surface area contributed by atoms with Gasteiger partial charge in [0.25, 0.3) is 0 Å². The van der Waals surface area contributed by atoms with Crippen LogP contribution < -0.4 is 0 Å². The van der Waals surface area contributed by atoms with Gasteiger partial charge in [-0.25, -0.2) is 0 Å². The fourth-order valence-electron chi connectivity index (χ4n) is 3.03. The Morgan fingerprint density at radius 3 is 2.96 bits per heavy atom. The highest BCUT2D eigenvalue weighted by atomic mass is 32.2. The number of ether oxygens (including phenoxy) is 1. The third kappa shape index (κ3) is 4.87. The summed E-state index contributed by atoms with van der Waals surface area (Å²) in [4.78, 5) is 2.12. The van der Waals surface area contributed by atoms with Crippen LogP contribution in [0.1, 0.15) is 24.2 Å². The van der Waals surface area contributed by atoms with E-state index >= 15 is 0 Å². The lowest BCUT2D eigenvalue weighted by atomic mass is 10.2. The molecule has 7 heteroatoms. The van der Waals surface area contributed by atoms with E-state index < -0.39 is 0 Å². The standard InChI is InChI=1S/C19H26N4O2S/c1-3-10-23-18(13-22(2)12-15-7-4-5-9-17(15)24)20-21-19(23)26-14-16-8-6-11-25-16/h3-5,7,9,16,24H,1,6,8,10-14H2,2H3. The zero-order valence-electron chi connectivity index (χ0n) is 15.2. The van der Waals surface area contributed by atoms with Crippen LogP contribution in [-0.4, -0.2) is 50.3 Å². The maximum Gasteiger partial charge on any atom is 0.191 e. The lowest BCUT2D eigenvalue weighted by Gasteiger charge is -2.17. The van der Waals surface area contributed by atoms with Gasteiger partial charge in [0.2, 0.25) is 0 Å². The molecule has 6 nitrogen and oxygen atoms in total. The molecular formula is C19H26N4O2S. The largest absolute Gasteiger partial charge is 0.508 e. The minimum absolute atomic E-state index is 0.319. The molecule has 1 aliphatic heterocycles. The van der Waals surface area contributed by atoms with Gasteiger partial charge in [0, 0.05) is 31.0 Å². The molecule has 0 aliphatic carbocycles. The number of thioether (sulfide) groups is 1. The Labute approximate surface area is 158 Å². The van der Waals surface area contributed by atoms with Crippen molar-refractivity contribution in [1.29, 1.82) is 0 Å². The first kappa shape index (κ1) is 18.9. The number of benzene rings is 1. The fourth-order valence-corrected chi connectivity index (χ4v) is 4.06. The van der Waals surface area contributed by atoms with Crippen molar-refractivity contribution in [3.8, 4) is 5.75 Å². The molecule has 0 radical (unpaired) electrons. The molecular weight excluding hydrogens is 348 g/mol. The highest BCUT2D eigenvalue weighted by Gasteiger charge is 2.19. The van der Waals surface area contributed by atoms with Crippen LogP contribution in [0.3, 0.4) is 0 Å². The van der Waals surface area contributed by atoms with E-state index in [0.29, 0.717) is 31.5 Å². The Hall–Kier alpha value is -1.83. The zero-order valence-corrected chi connectivity index (χ0v) is 16.0. The first-order valence-electron chi connectivity index (χ1n) is 8.90. The lowest BCUT2D eigenvalue weighted by molar-refractivity contribution is 0.129. The molecule has 1 atom stereocenters. The summed E-state index contributed by atoms with van der Waals surface area (Å²) < 4.78 is 7.80. The van der Waals surface area contributed by atoms with Gasteiger partial charge in [0.05, 0.1) is 12.6 Å². The molecule has 1 fully saturated rings. The quantitative estimate of drug-likeness (QED) is 0.538. The van der Waals surface area contributed by atoms with Gasteiger partial charge < -0.3 is 14.4 Å². The number of hydrogen-bond acceptors (Lipinski definition) is 6. The molecule has 2 heterocycles. The minimum atomic E-state index is 0.319. The Balaban J connectivity index is 1.64. The van der Waals surface area contributed by atoms with Crippen molar-refractivity contribution >= 4 is 11.8 Å². The number of allylic oxidation sites excluding steroid dienone is 1. The van der Waals surface area contributed by atoms with Crippen molar-refractivity contribution < 1.29 is 9.84 Å². The molecule has 140 valence electrons. The molecule has 1 aromatic carbocycles. The second-order valence-corrected chi connectivity index (χ2v) is 7.53. The van der Waals surface area contributed by atoms with Crippen LogP contribution in [0.15, 0.2) is 42.1 Å². The highest BCUT2D eigenvalue weighted by molar-refractivity contribution is 7.99. The predicted molar refractivity (Wildman–Crippen MR) is 103 cm³/mol. The fraction of sp³-hybridized carbons (Fsp3) is 0.474. The van der Waals surface area contributed by atoms with Crippen LogP contribution in [0.4, 0.5) is 0 Å². The van der Waals surface area contributed by atoms with Crippen molar-refractivity contribution in [3.05, 3.63) is 48.3 Å². The molecule has 3 rings (SSSR count). The lowest BCUT2D eigenvalue weighted by Crippen LogP contribution is -2.20. The van der Waals surface area contributed by atoms with Gasteiger partial charge in [-0.2, -0.15) is 0 Å². The molecule has 0 spiro atoms. The first-order valence-corrected chi connectivity index (χ1v) is 9.88. The number of rotatable bonds is 9. The average Bonchev–Trinajstić information content (AvgIpc) is 3.26. The predicted octanol–water partition coefficient (Wildman–Crippen LogP) is 3.07. The monoisotopic (exact) mass is 374 g/mol. The van der Waals surface area contributed by atoms with Crippen LogP contribution in [-0.2, 0) is 24.4 Å². The van der Waals surface area contributed by atoms with Gasteiger partial charge >= 0.3 is 0 Å². The Bertz CT molecular complexity index is 728. The smallest absolute Gasteiger partial charge is 0.191 e. The van der Waals surface area contributed by atoms with Gasteiger partial charge in [-0.3, -0.25) is 4.90 Å². The molecule has 0 saturated carbocycles. The van der Waals surface area contributed by atoms with Crippen molar-refractivity contribution in [3.63, 3.8) is 0 Å². The normalized spacial score (nSPS) is 17.1. The topological polar surface area (TPSA) is 63.4 Å². The molecule has 1 saturated heterocycles. The van der Waals surface area contributed by atoms with Crippen molar-refractivity contribution in [1.82, 2.24) is 19.7 Å². The van der Waals surface area contributed by atoms with Gasteiger partial charge in [-0.15, -0.1) is 16.8 Å². The summed E-state index contributed by atoms with van der Waals surface area (Å²) >= 11 is 1.70. The van der Waals surface area contributed by atoms with E-state index in [4.69, 9.17) is 4.74 Å².